The summed E-state index contributed by atoms with van der Waals surface area (Å²) in [6, 6.07) is 20.7. The first-order chi connectivity index (χ1) is 14.7. The molecule has 154 valence electrons. The van der Waals surface area contributed by atoms with Crippen molar-refractivity contribution in [1.82, 2.24) is 10.7 Å². The molecule has 0 aliphatic rings. The molecule has 3 rings (SSSR count). The fraction of sp³-hybridized carbons (Fsp3) is 0.208. The lowest BCUT2D eigenvalue weighted by Gasteiger charge is -2.07. The second-order valence-electron chi connectivity index (χ2n) is 6.77. The summed E-state index contributed by atoms with van der Waals surface area (Å²) in [4.78, 5) is 24.2. The quantitative estimate of drug-likeness (QED) is 0.323. The third-order valence-corrected chi connectivity index (χ3v) is 4.51. The van der Waals surface area contributed by atoms with Gasteiger partial charge < -0.3 is 10.1 Å². The number of nitrogens with zero attached hydrogens (tertiary/aromatic N) is 1. The van der Waals surface area contributed by atoms with Crippen molar-refractivity contribution in [3.8, 4) is 5.75 Å². The van der Waals surface area contributed by atoms with Crippen molar-refractivity contribution < 1.29 is 14.3 Å². The molecule has 2 N–H and O–H groups in total. The van der Waals surface area contributed by atoms with Crippen LogP contribution in [0.1, 0.15) is 35.7 Å². The Morgan fingerprint density at radius 2 is 1.77 bits per heavy atom. The first-order valence-corrected chi connectivity index (χ1v) is 9.98. The lowest BCUT2D eigenvalue weighted by Crippen LogP contribution is -2.34. The molecule has 3 aromatic carbocycles. The zero-order valence-electron chi connectivity index (χ0n) is 16.9. The number of benzene rings is 3. The monoisotopic (exact) mass is 403 g/mol. The van der Waals surface area contributed by atoms with Gasteiger partial charge in [0.25, 0.3) is 11.8 Å². The van der Waals surface area contributed by atoms with Crippen LogP contribution in [-0.2, 0) is 4.79 Å². The number of fused-ring (bicyclic) bond motifs is 1. The maximum absolute atomic E-state index is 12.2. The van der Waals surface area contributed by atoms with Gasteiger partial charge in [0.1, 0.15) is 5.75 Å². The average Bonchev–Trinajstić information content (AvgIpc) is 2.78. The molecule has 0 saturated heterocycles. The van der Waals surface area contributed by atoms with Crippen LogP contribution in [0.15, 0.2) is 71.8 Å². The van der Waals surface area contributed by atoms with Gasteiger partial charge in [0.05, 0.1) is 19.4 Å². The fourth-order valence-corrected chi connectivity index (χ4v) is 2.88. The molecule has 0 aliphatic carbocycles. The molecule has 2 amide bonds. The maximum atomic E-state index is 12.2. The van der Waals surface area contributed by atoms with E-state index in [1.54, 1.807) is 30.5 Å². The summed E-state index contributed by atoms with van der Waals surface area (Å²) in [6.07, 6.45) is 3.65. The number of ether oxygens (including phenoxy) is 1. The van der Waals surface area contributed by atoms with Crippen molar-refractivity contribution in [2.24, 2.45) is 5.10 Å². The molecule has 0 spiro atoms. The van der Waals surface area contributed by atoms with E-state index < -0.39 is 5.91 Å². The van der Waals surface area contributed by atoms with E-state index in [-0.39, 0.29) is 12.5 Å². The smallest absolute Gasteiger partial charge is 0.259 e. The van der Waals surface area contributed by atoms with Gasteiger partial charge in [0, 0.05) is 11.1 Å². The van der Waals surface area contributed by atoms with Gasteiger partial charge in [-0.25, -0.2) is 5.43 Å². The van der Waals surface area contributed by atoms with E-state index in [1.807, 2.05) is 42.5 Å². The van der Waals surface area contributed by atoms with E-state index in [2.05, 4.69) is 22.8 Å². The van der Waals surface area contributed by atoms with E-state index in [4.69, 9.17) is 4.74 Å². The molecule has 0 bridgehead atoms. The Hall–Kier alpha value is -3.67. The van der Waals surface area contributed by atoms with Gasteiger partial charge in [-0.2, -0.15) is 5.10 Å². The summed E-state index contributed by atoms with van der Waals surface area (Å²) < 4.78 is 5.58. The van der Waals surface area contributed by atoms with Crippen molar-refractivity contribution in [3.05, 3.63) is 77.9 Å². The Labute approximate surface area is 175 Å². The highest BCUT2D eigenvalue weighted by molar-refractivity contribution is 6.00. The van der Waals surface area contributed by atoms with Crippen LogP contribution in [0.25, 0.3) is 10.8 Å². The Bertz CT molecular complexity index is 1020. The highest BCUT2D eigenvalue weighted by Crippen LogP contribution is 2.16. The predicted octanol–water partition coefficient (Wildman–Crippen LogP) is 3.90. The highest BCUT2D eigenvalue weighted by Gasteiger charge is 2.08. The Morgan fingerprint density at radius 1 is 1.00 bits per heavy atom. The van der Waals surface area contributed by atoms with Crippen LogP contribution in [-0.4, -0.2) is 31.2 Å². The zero-order valence-corrected chi connectivity index (χ0v) is 16.9. The van der Waals surface area contributed by atoms with Gasteiger partial charge in [-0.05, 0) is 41.5 Å². The number of hydrogen-bond acceptors (Lipinski definition) is 4. The van der Waals surface area contributed by atoms with Gasteiger partial charge in [-0.15, -0.1) is 0 Å². The minimum absolute atomic E-state index is 0.166. The topological polar surface area (TPSA) is 79.8 Å². The van der Waals surface area contributed by atoms with Gasteiger partial charge >= 0.3 is 0 Å². The van der Waals surface area contributed by atoms with Gasteiger partial charge in [0.2, 0.25) is 0 Å². The van der Waals surface area contributed by atoms with E-state index in [0.717, 1.165) is 34.9 Å². The Kier molecular flexibility index (Phi) is 7.55. The third-order valence-electron chi connectivity index (χ3n) is 4.51. The molecule has 0 radical (unpaired) electrons. The van der Waals surface area contributed by atoms with Crippen LogP contribution in [0, 0.1) is 0 Å². The van der Waals surface area contributed by atoms with E-state index in [9.17, 15) is 9.59 Å². The number of amides is 2. The lowest BCUT2D eigenvalue weighted by molar-refractivity contribution is -0.120. The minimum Gasteiger partial charge on any atom is -0.494 e. The molecule has 30 heavy (non-hydrogen) atoms. The number of unbranched alkanes of at least 4 members (excludes halogenated alkanes) is 1. The second-order valence-corrected chi connectivity index (χ2v) is 6.77. The largest absolute Gasteiger partial charge is 0.494 e. The number of carbonyl (C=O) groups excluding carboxylic acids is 2. The maximum Gasteiger partial charge on any atom is 0.259 e. The first-order valence-electron chi connectivity index (χ1n) is 9.98. The third kappa shape index (κ3) is 5.91. The van der Waals surface area contributed by atoms with Crippen LogP contribution in [0.4, 0.5) is 0 Å². The lowest BCUT2D eigenvalue weighted by atomic mass is 10.1. The molecule has 0 heterocycles. The number of rotatable bonds is 9. The van der Waals surface area contributed by atoms with Gasteiger partial charge in [-0.3, -0.25) is 9.59 Å². The van der Waals surface area contributed by atoms with Crippen molar-refractivity contribution in [2.75, 3.05) is 13.2 Å². The Morgan fingerprint density at radius 3 is 2.57 bits per heavy atom. The summed E-state index contributed by atoms with van der Waals surface area (Å²) in [5.74, 6) is -0.0110. The van der Waals surface area contributed by atoms with E-state index in [1.165, 1.54) is 0 Å². The van der Waals surface area contributed by atoms with E-state index >= 15 is 0 Å². The summed E-state index contributed by atoms with van der Waals surface area (Å²) >= 11 is 0. The summed E-state index contributed by atoms with van der Waals surface area (Å²) in [5.41, 5.74) is 3.80. The number of carbonyl (C=O) groups is 2. The molecule has 3 aromatic rings. The van der Waals surface area contributed by atoms with Crippen molar-refractivity contribution in [2.45, 2.75) is 19.8 Å². The van der Waals surface area contributed by atoms with Crippen molar-refractivity contribution in [1.29, 1.82) is 0 Å². The summed E-state index contributed by atoms with van der Waals surface area (Å²) in [5, 5.41) is 8.73. The van der Waals surface area contributed by atoms with Crippen LogP contribution < -0.4 is 15.5 Å². The molecule has 0 aromatic heterocycles. The van der Waals surface area contributed by atoms with Gasteiger partial charge in [-0.1, -0.05) is 55.8 Å². The second kappa shape index (κ2) is 10.8. The van der Waals surface area contributed by atoms with Crippen molar-refractivity contribution >= 4 is 28.8 Å². The van der Waals surface area contributed by atoms with Crippen LogP contribution in [0.2, 0.25) is 0 Å². The summed E-state index contributed by atoms with van der Waals surface area (Å²) in [7, 11) is 0. The average molecular weight is 403 g/mol. The summed E-state index contributed by atoms with van der Waals surface area (Å²) in [6.45, 7) is 2.59. The molecule has 0 unspecified atom stereocenters. The fourth-order valence-electron chi connectivity index (χ4n) is 2.88. The van der Waals surface area contributed by atoms with Gasteiger partial charge in [0.15, 0.2) is 0 Å². The molecular formula is C24H25N3O3. The molecule has 0 fully saturated rings. The molecular weight excluding hydrogens is 378 g/mol. The van der Waals surface area contributed by atoms with Crippen molar-refractivity contribution in [3.63, 3.8) is 0 Å². The number of nitrogens with one attached hydrogen (secondary N) is 2. The number of hydrogen-bond donors (Lipinski definition) is 2. The molecule has 0 saturated carbocycles. The van der Waals surface area contributed by atoms with Crippen LogP contribution in [0.3, 0.4) is 0 Å². The highest BCUT2D eigenvalue weighted by atomic mass is 16.5. The molecule has 0 aliphatic heterocycles. The van der Waals surface area contributed by atoms with E-state index in [0.29, 0.717) is 12.2 Å². The van der Waals surface area contributed by atoms with Crippen LogP contribution >= 0.6 is 0 Å². The minimum atomic E-state index is -0.403. The zero-order chi connectivity index (χ0) is 21.2. The number of hydrazone groups is 1. The Balaban J connectivity index is 1.47. The first kappa shape index (κ1) is 21.0. The normalized spacial score (nSPS) is 10.8. The SMILES string of the molecule is CCCCOc1ccc(C(=O)NCC(=O)N/N=C/c2cccc3ccccc23)cc1. The molecule has 6 heteroatoms. The molecule has 6 nitrogen and oxygen atoms in total. The van der Waals surface area contributed by atoms with Crippen LogP contribution in [0.5, 0.6) is 5.75 Å². The standard InChI is InChI=1S/C24H25N3O3/c1-2-3-15-30-21-13-11-19(12-14-21)24(29)25-17-23(28)27-26-16-20-9-6-8-18-7-4-5-10-22(18)20/h4-14,16H,2-3,15,17H2,1H3,(H,25,29)(H,27,28)/b26-16+. The molecule has 0 atom stereocenters. The predicted molar refractivity (Wildman–Crippen MR) is 119 cm³/mol.